The molecule has 1 spiro atoms. The Morgan fingerprint density at radius 2 is 1.80 bits per heavy atom. The van der Waals surface area contributed by atoms with E-state index in [1.807, 2.05) is 24.3 Å². The number of carbonyl (C=O) groups is 3. The van der Waals surface area contributed by atoms with Crippen molar-refractivity contribution >= 4 is 17.8 Å². The topological polar surface area (TPSA) is 138 Å². The van der Waals surface area contributed by atoms with Crippen LogP contribution in [-0.2, 0) is 20.9 Å². The second-order valence-corrected chi connectivity index (χ2v) is 12.0. The van der Waals surface area contributed by atoms with E-state index >= 15 is 0 Å². The molecule has 2 amide bonds. The van der Waals surface area contributed by atoms with Gasteiger partial charge in [-0.2, -0.15) is 0 Å². The number of aliphatic hydroxyl groups is 1. The number of likely N-dealkylation sites (tertiary alicyclic amines) is 1. The van der Waals surface area contributed by atoms with Crippen molar-refractivity contribution in [1.82, 2.24) is 15.1 Å². The van der Waals surface area contributed by atoms with E-state index in [9.17, 15) is 24.6 Å². The largest absolute Gasteiger partial charge is 0.493 e. The number of aliphatic hydroxyl groups excluding tert-OH is 1. The third-order valence-corrected chi connectivity index (χ3v) is 9.23. The van der Waals surface area contributed by atoms with Crippen molar-refractivity contribution in [3.8, 4) is 17.2 Å². The molecule has 0 radical (unpaired) electrons. The highest BCUT2D eigenvalue weighted by molar-refractivity contribution is 6.00. The first kappa shape index (κ1) is 31.7. The number of nitrogens with zero attached hydrogens (tertiary/aromatic N) is 2. The summed E-state index contributed by atoms with van der Waals surface area (Å²) >= 11 is 0. The maximum atomic E-state index is 13.8. The number of amides is 2. The Balaban J connectivity index is 1.21. The smallest absolute Gasteiger partial charge is 0.335 e. The van der Waals surface area contributed by atoms with Crippen LogP contribution in [0, 0.1) is 5.92 Å². The SMILES string of the molecule is CCCCN1C(=O)[C@@H]([C@H](O)C2CCOCC2)NC(=O)C12CCN(Cc1ccc(Oc3ccc(C(=O)O)cc3OC)cc1)CC2. The van der Waals surface area contributed by atoms with Crippen LogP contribution in [0.25, 0.3) is 0 Å². The molecular weight excluding hydrogens is 566 g/mol. The molecule has 3 heterocycles. The number of rotatable bonds is 11. The van der Waals surface area contributed by atoms with Gasteiger partial charge in [0.15, 0.2) is 11.5 Å². The Bertz CT molecular complexity index is 1320. The van der Waals surface area contributed by atoms with Crippen molar-refractivity contribution in [2.75, 3.05) is 40.0 Å². The van der Waals surface area contributed by atoms with E-state index in [-0.39, 0.29) is 23.3 Å². The van der Waals surface area contributed by atoms with E-state index in [2.05, 4.69) is 17.1 Å². The van der Waals surface area contributed by atoms with Crippen molar-refractivity contribution in [3.05, 3.63) is 53.6 Å². The average molecular weight is 610 g/mol. The van der Waals surface area contributed by atoms with Gasteiger partial charge in [0.2, 0.25) is 11.8 Å². The Morgan fingerprint density at radius 1 is 1.09 bits per heavy atom. The molecule has 2 aromatic rings. The number of benzene rings is 2. The van der Waals surface area contributed by atoms with E-state index in [1.165, 1.54) is 19.2 Å². The molecule has 3 saturated heterocycles. The molecule has 5 rings (SSSR count). The molecule has 0 unspecified atom stereocenters. The highest BCUT2D eigenvalue weighted by Crippen LogP contribution is 2.36. The third-order valence-electron chi connectivity index (χ3n) is 9.23. The van der Waals surface area contributed by atoms with Crippen molar-refractivity contribution in [3.63, 3.8) is 0 Å². The molecule has 3 aliphatic heterocycles. The lowest BCUT2D eigenvalue weighted by Crippen LogP contribution is -2.75. The average Bonchev–Trinajstić information content (AvgIpc) is 3.05. The molecule has 0 saturated carbocycles. The minimum absolute atomic E-state index is 0.0711. The summed E-state index contributed by atoms with van der Waals surface area (Å²) in [4.78, 5) is 42.9. The van der Waals surface area contributed by atoms with Crippen LogP contribution in [0.3, 0.4) is 0 Å². The Hall–Kier alpha value is -3.67. The number of ether oxygens (including phenoxy) is 3. The minimum Gasteiger partial charge on any atom is -0.493 e. The maximum Gasteiger partial charge on any atom is 0.335 e. The van der Waals surface area contributed by atoms with Gasteiger partial charge in [0.1, 0.15) is 17.3 Å². The number of carboxylic acid groups (broad SMARTS) is 1. The number of unbranched alkanes of at least 4 members (excludes halogenated alkanes) is 1. The molecule has 2 aromatic carbocycles. The summed E-state index contributed by atoms with van der Waals surface area (Å²) < 4.78 is 16.7. The molecule has 11 nitrogen and oxygen atoms in total. The first-order valence-electron chi connectivity index (χ1n) is 15.5. The van der Waals surface area contributed by atoms with Gasteiger partial charge in [0.05, 0.1) is 18.8 Å². The van der Waals surface area contributed by atoms with Crippen LogP contribution >= 0.6 is 0 Å². The van der Waals surface area contributed by atoms with Crippen molar-refractivity contribution in [2.45, 2.75) is 69.7 Å². The maximum absolute atomic E-state index is 13.8. The van der Waals surface area contributed by atoms with Crippen molar-refractivity contribution in [2.24, 2.45) is 5.92 Å². The minimum atomic E-state index is -1.04. The number of hydrogen-bond acceptors (Lipinski definition) is 8. The van der Waals surface area contributed by atoms with Gasteiger partial charge in [-0.1, -0.05) is 25.5 Å². The Morgan fingerprint density at radius 3 is 2.43 bits per heavy atom. The number of aromatic carboxylic acids is 1. The fraction of sp³-hybridized carbons (Fsp3) is 0.545. The molecule has 44 heavy (non-hydrogen) atoms. The van der Waals surface area contributed by atoms with Gasteiger partial charge in [-0.3, -0.25) is 14.5 Å². The fourth-order valence-electron chi connectivity index (χ4n) is 6.55. The summed E-state index contributed by atoms with van der Waals surface area (Å²) in [6, 6.07) is 11.2. The molecule has 11 heteroatoms. The third kappa shape index (κ3) is 6.69. The van der Waals surface area contributed by atoms with Crippen LogP contribution in [0.1, 0.15) is 61.4 Å². The number of methoxy groups -OCH3 is 1. The van der Waals surface area contributed by atoms with E-state index in [1.54, 1.807) is 11.0 Å². The summed E-state index contributed by atoms with van der Waals surface area (Å²) in [7, 11) is 1.46. The number of nitrogens with one attached hydrogen (secondary N) is 1. The van der Waals surface area contributed by atoms with Crippen LogP contribution in [-0.4, -0.2) is 95.4 Å². The second-order valence-electron chi connectivity index (χ2n) is 12.0. The molecule has 2 atom stereocenters. The first-order valence-corrected chi connectivity index (χ1v) is 15.5. The lowest BCUT2D eigenvalue weighted by atomic mass is 9.79. The molecule has 238 valence electrons. The molecule has 0 aromatic heterocycles. The summed E-state index contributed by atoms with van der Waals surface area (Å²) in [6.07, 6.45) is 3.20. The first-order chi connectivity index (χ1) is 21.3. The zero-order valence-electron chi connectivity index (χ0n) is 25.5. The van der Waals surface area contributed by atoms with Gasteiger partial charge >= 0.3 is 5.97 Å². The van der Waals surface area contributed by atoms with Crippen LogP contribution in [0.5, 0.6) is 17.2 Å². The van der Waals surface area contributed by atoms with Crippen molar-refractivity contribution < 1.29 is 38.8 Å². The molecule has 0 bridgehead atoms. The molecule has 3 fully saturated rings. The lowest BCUT2D eigenvalue weighted by molar-refractivity contribution is -0.166. The summed E-state index contributed by atoms with van der Waals surface area (Å²) in [6.45, 7) is 5.68. The van der Waals surface area contributed by atoms with Gasteiger partial charge < -0.3 is 34.6 Å². The van der Waals surface area contributed by atoms with Gasteiger partial charge in [-0.15, -0.1) is 0 Å². The predicted octanol–water partition coefficient (Wildman–Crippen LogP) is 3.43. The van der Waals surface area contributed by atoms with E-state index in [0.717, 1.165) is 18.4 Å². The Kier molecular flexibility index (Phi) is 10.1. The highest BCUT2D eigenvalue weighted by Gasteiger charge is 2.55. The molecular formula is C33H43N3O8. The van der Waals surface area contributed by atoms with Crippen LogP contribution in [0.15, 0.2) is 42.5 Å². The van der Waals surface area contributed by atoms with E-state index in [4.69, 9.17) is 14.2 Å². The number of carboxylic acids is 1. The van der Waals surface area contributed by atoms with Gasteiger partial charge in [0.25, 0.3) is 0 Å². The highest BCUT2D eigenvalue weighted by atomic mass is 16.5. The van der Waals surface area contributed by atoms with Crippen molar-refractivity contribution in [1.29, 1.82) is 0 Å². The summed E-state index contributed by atoms with van der Waals surface area (Å²) in [5.41, 5.74) is 0.290. The Labute approximate surface area is 258 Å². The standard InChI is InChI=1S/C33H43N3O8/c1-3-4-15-36-30(38)28(29(37)23-11-18-43-19-12-23)34-32(41)33(36)13-16-35(17-14-33)21-22-5-8-25(9-6-22)44-26-10-7-24(31(39)40)20-27(26)42-2/h5-10,20,23,28-29,37H,3-4,11-19,21H2,1-2H3,(H,34,41)(H,39,40)/t28-,29-/m1/s1. The van der Waals surface area contributed by atoms with Gasteiger partial charge in [-0.25, -0.2) is 4.79 Å². The normalized spacial score (nSPS) is 21.6. The number of piperidine rings is 1. The summed E-state index contributed by atoms with van der Waals surface area (Å²) in [5.74, 6) is -0.0957. The lowest BCUT2D eigenvalue weighted by Gasteiger charge is -2.52. The van der Waals surface area contributed by atoms with E-state index in [0.29, 0.717) is 82.3 Å². The summed E-state index contributed by atoms with van der Waals surface area (Å²) in [5, 5.41) is 23.3. The monoisotopic (exact) mass is 609 g/mol. The quantitative estimate of drug-likeness (QED) is 0.350. The van der Waals surface area contributed by atoms with Gasteiger partial charge in [0, 0.05) is 39.4 Å². The van der Waals surface area contributed by atoms with E-state index < -0.39 is 23.7 Å². The van der Waals surface area contributed by atoms with Crippen LogP contribution < -0.4 is 14.8 Å². The zero-order chi connectivity index (χ0) is 31.3. The van der Waals surface area contributed by atoms with Crippen LogP contribution in [0.2, 0.25) is 0 Å². The predicted molar refractivity (Wildman–Crippen MR) is 162 cm³/mol. The number of hydrogen-bond donors (Lipinski definition) is 3. The van der Waals surface area contributed by atoms with Gasteiger partial charge in [-0.05, 0) is 73.9 Å². The molecule has 3 aliphatic rings. The number of carbonyl (C=O) groups excluding carboxylic acids is 2. The number of piperazine rings is 1. The second kappa shape index (κ2) is 14.0. The zero-order valence-corrected chi connectivity index (χ0v) is 25.5. The fourth-order valence-corrected chi connectivity index (χ4v) is 6.55. The van der Waals surface area contributed by atoms with Crippen LogP contribution in [0.4, 0.5) is 0 Å². The molecule has 3 N–H and O–H groups in total. The molecule has 0 aliphatic carbocycles.